The maximum absolute atomic E-state index is 12.0. The summed E-state index contributed by atoms with van der Waals surface area (Å²) in [6.45, 7) is 1.93. The molecule has 0 fully saturated rings. The van der Waals surface area contributed by atoms with E-state index in [0.717, 1.165) is 22.5 Å². The predicted octanol–water partition coefficient (Wildman–Crippen LogP) is 2.59. The van der Waals surface area contributed by atoms with Gasteiger partial charge in [-0.2, -0.15) is 4.98 Å². The molecule has 0 saturated heterocycles. The number of sulfonamides is 1. The lowest BCUT2D eigenvalue weighted by molar-refractivity contribution is 0.376. The summed E-state index contributed by atoms with van der Waals surface area (Å²) in [6.07, 6.45) is 0. The van der Waals surface area contributed by atoms with Crippen molar-refractivity contribution < 1.29 is 12.9 Å². The predicted molar refractivity (Wildman–Crippen MR) is 82.8 cm³/mol. The van der Waals surface area contributed by atoms with Gasteiger partial charge in [0.15, 0.2) is 0 Å². The molecule has 2 heterocycles. The highest BCUT2D eigenvalue weighted by Crippen LogP contribution is 2.18. The number of hydrogen-bond acceptors (Lipinski definition) is 6. The maximum atomic E-state index is 12.0. The number of nitrogens with zero attached hydrogens (tertiary/aromatic N) is 2. The fraction of sp³-hybridized carbons (Fsp3) is 0.143. The van der Waals surface area contributed by atoms with Crippen molar-refractivity contribution in [3.63, 3.8) is 0 Å². The quantitative estimate of drug-likeness (QED) is 0.774. The van der Waals surface area contributed by atoms with Gasteiger partial charge in [0.25, 0.3) is 10.0 Å². The highest BCUT2D eigenvalue weighted by molar-refractivity contribution is 7.91. The van der Waals surface area contributed by atoms with Crippen LogP contribution in [0.1, 0.15) is 11.5 Å². The van der Waals surface area contributed by atoms with E-state index in [9.17, 15) is 8.42 Å². The van der Waals surface area contributed by atoms with Crippen LogP contribution >= 0.6 is 11.3 Å². The van der Waals surface area contributed by atoms with Crippen LogP contribution in [0.4, 0.5) is 0 Å². The van der Waals surface area contributed by atoms with Gasteiger partial charge in [-0.1, -0.05) is 35.0 Å². The lowest BCUT2D eigenvalue weighted by Crippen LogP contribution is -2.22. The summed E-state index contributed by atoms with van der Waals surface area (Å²) in [7, 11) is -3.54. The van der Waals surface area contributed by atoms with Crippen LogP contribution in [-0.4, -0.2) is 18.6 Å². The van der Waals surface area contributed by atoms with Gasteiger partial charge in [0.2, 0.25) is 11.7 Å². The topological polar surface area (TPSA) is 85.1 Å². The molecule has 0 aliphatic rings. The number of aryl methyl sites for hydroxylation is 1. The van der Waals surface area contributed by atoms with Crippen LogP contribution in [0.15, 0.2) is 50.5 Å². The Hall–Kier alpha value is -2.03. The van der Waals surface area contributed by atoms with E-state index >= 15 is 0 Å². The lowest BCUT2D eigenvalue weighted by atomic mass is 10.1. The number of thiophene rings is 1. The molecule has 3 rings (SSSR count). The molecule has 8 heteroatoms. The van der Waals surface area contributed by atoms with Crippen molar-refractivity contribution in [1.82, 2.24) is 14.9 Å². The average Bonchev–Trinajstić information content (AvgIpc) is 3.17. The second kappa shape index (κ2) is 5.99. The minimum Gasteiger partial charge on any atom is -0.338 e. The van der Waals surface area contributed by atoms with Crippen LogP contribution in [0, 0.1) is 6.92 Å². The minimum absolute atomic E-state index is 0.0426. The zero-order chi connectivity index (χ0) is 15.6. The largest absolute Gasteiger partial charge is 0.338 e. The van der Waals surface area contributed by atoms with E-state index in [1.165, 1.54) is 0 Å². The van der Waals surface area contributed by atoms with Gasteiger partial charge in [-0.25, -0.2) is 13.1 Å². The highest BCUT2D eigenvalue weighted by Gasteiger charge is 2.17. The van der Waals surface area contributed by atoms with Crippen molar-refractivity contribution in [1.29, 1.82) is 0 Å². The van der Waals surface area contributed by atoms with Gasteiger partial charge in [0, 0.05) is 5.56 Å². The van der Waals surface area contributed by atoms with Crippen LogP contribution in [0.5, 0.6) is 0 Å². The summed E-state index contributed by atoms with van der Waals surface area (Å²) in [5, 5.41) is 5.58. The summed E-state index contributed by atoms with van der Waals surface area (Å²) in [5.74, 6) is 0.658. The molecule has 22 heavy (non-hydrogen) atoms. The van der Waals surface area contributed by atoms with Crippen LogP contribution in [0.3, 0.4) is 0 Å². The standard InChI is InChI=1S/C14H13N3O3S2/c1-10-4-2-5-11(8-10)14-16-12(20-17-14)9-15-22(18,19)13-6-3-7-21-13/h2-8,15H,9H2,1H3. The van der Waals surface area contributed by atoms with Crippen molar-refractivity contribution in [3.8, 4) is 11.4 Å². The van der Waals surface area contributed by atoms with Crippen molar-refractivity contribution in [2.24, 2.45) is 0 Å². The smallest absolute Gasteiger partial charge is 0.250 e. The Morgan fingerprint density at radius 1 is 1.27 bits per heavy atom. The molecule has 0 atom stereocenters. The Balaban J connectivity index is 1.73. The first-order chi connectivity index (χ1) is 10.5. The molecule has 0 unspecified atom stereocenters. The molecule has 0 aliphatic carbocycles. The first-order valence-corrected chi connectivity index (χ1v) is 8.84. The Morgan fingerprint density at radius 3 is 2.86 bits per heavy atom. The van der Waals surface area contributed by atoms with Crippen molar-refractivity contribution >= 4 is 21.4 Å². The first kappa shape index (κ1) is 14.9. The van der Waals surface area contributed by atoms with E-state index in [1.54, 1.807) is 17.5 Å². The minimum atomic E-state index is -3.54. The normalized spacial score (nSPS) is 11.7. The second-order valence-corrected chi connectivity index (χ2v) is 7.58. The zero-order valence-electron chi connectivity index (χ0n) is 11.7. The highest BCUT2D eigenvalue weighted by atomic mass is 32.2. The SMILES string of the molecule is Cc1cccc(-c2noc(CNS(=O)(=O)c3cccs3)n2)c1. The van der Waals surface area contributed by atoms with Gasteiger partial charge in [0.1, 0.15) is 4.21 Å². The molecule has 0 saturated carbocycles. The summed E-state index contributed by atoms with van der Waals surface area (Å²) in [4.78, 5) is 4.20. The van der Waals surface area contributed by atoms with Crippen molar-refractivity contribution in [2.75, 3.05) is 0 Å². The molecule has 0 radical (unpaired) electrons. The summed E-state index contributed by atoms with van der Waals surface area (Å²) in [5.41, 5.74) is 1.92. The summed E-state index contributed by atoms with van der Waals surface area (Å²) >= 11 is 1.15. The molecule has 3 aromatic rings. The van der Waals surface area contributed by atoms with Gasteiger partial charge < -0.3 is 4.52 Å². The van der Waals surface area contributed by atoms with E-state index in [4.69, 9.17) is 4.52 Å². The molecule has 114 valence electrons. The number of benzene rings is 1. The molecular formula is C14H13N3O3S2. The van der Waals surface area contributed by atoms with Gasteiger partial charge in [0.05, 0.1) is 6.54 Å². The lowest BCUT2D eigenvalue weighted by Gasteiger charge is -2.00. The van der Waals surface area contributed by atoms with E-state index < -0.39 is 10.0 Å². The molecule has 0 spiro atoms. The maximum Gasteiger partial charge on any atom is 0.250 e. The van der Waals surface area contributed by atoms with Crippen molar-refractivity contribution in [3.05, 3.63) is 53.2 Å². The van der Waals surface area contributed by atoms with E-state index in [-0.39, 0.29) is 16.6 Å². The Kier molecular flexibility index (Phi) is 4.06. The van der Waals surface area contributed by atoms with E-state index in [0.29, 0.717) is 5.82 Å². The van der Waals surface area contributed by atoms with Crippen LogP contribution in [-0.2, 0) is 16.6 Å². The third kappa shape index (κ3) is 3.24. The first-order valence-electron chi connectivity index (χ1n) is 6.47. The molecule has 2 aromatic heterocycles. The fourth-order valence-corrected chi connectivity index (χ4v) is 3.88. The Bertz CT molecular complexity index is 870. The monoisotopic (exact) mass is 335 g/mol. The van der Waals surface area contributed by atoms with Gasteiger partial charge >= 0.3 is 0 Å². The van der Waals surface area contributed by atoms with Crippen LogP contribution < -0.4 is 4.72 Å². The number of nitrogens with one attached hydrogen (secondary N) is 1. The summed E-state index contributed by atoms with van der Waals surface area (Å²) in [6, 6.07) is 10.9. The second-order valence-electron chi connectivity index (χ2n) is 4.64. The number of hydrogen-bond donors (Lipinski definition) is 1. The van der Waals surface area contributed by atoms with Gasteiger partial charge in [-0.3, -0.25) is 0 Å². The average molecular weight is 335 g/mol. The van der Waals surface area contributed by atoms with Gasteiger partial charge in [-0.05, 0) is 24.4 Å². The molecule has 6 nitrogen and oxygen atoms in total. The molecule has 0 aliphatic heterocycles. The van der Waals surface area contributed by atoms with Gasteiger partial charge in [-0.15, -0.1) is 11.3 Å². The summed E-state index contributed by atoms with van der Waals surface area (Å²) < 4.78 is 31.8. The molecule has 1 N–H and O–H groups in total. The molecule has 1 aromatic carbocycles. The Labute approximate surface area is 131 Å². The number of rotatable bonds is 5. The number of aromatic nitrogens is 2. The van der Waals surface area contributed by atoms with Crippen LogP contribution in [0.2, 0.25) is 0 Å². The molecular weight excluding hydrogens is 322 g/mol. The van der Waals surface area contributed by atoms with E-state index in [1.807, 2.05) is 31.2 Å². The van der Waals surface area contributed by atoms with Crippen molar-refractivity contribution in [2.45, 2.75) is 17.7 Å². The van der Waals surface area contributed by atoms with Crippen LogP contribution in [0.25, 0.3) is 11.4 Å². The zero-order valence-corrected chi connectivity index (χ0v) is 13.3. The third-order valence-corrected chi connectivity index (χ3v) is 5.72. The third-order valence-electron chi connectivity index (χ3n) is 2.92. The molecule has 0 amide bonds. The molecule has 0 bridgehead atoms. The fourth-order valence-electron chi connectivity index (χ4n) is 1.87. The Morgan fingerprint density at radius 2 is 2.14 bits per heavy atom. The van der Waals surface area contributed by atoms with E-state index in [2.05, 4.69) is 14.9 Å².